The highest BCUT2D eigenvalue weighted by molar-refractivity contribution is 7.84. The lowest BCUT2D eigenvalue weighted by molar-refractivity contribution is 0.507. The molecule has 2 aromatic rings. The molecule has 0 aromatic heterocycles. The van der Waals surface area contributed by atoms with Crippen molar-refractivity contribution in [2.45, 2.75) is 17.6 Å². The van der Waals surface area contributed by atoms with Gasteiger partial charge >= 0.3 is 0 Å². The molecule has 5 heteroatoms. The van der Waals surface area contributed by atoms with Crippen LogP contribution in [0, 0.1) is 18.6 Å². The van der Waals surface area contributed by atoms with E-state index in [1.807, 2.05) is 0 Å². The van der Waals surface area contributed by atoms with Crippen molar-refractivity contribution in [3.63, 3.8) is 0 Å². The first-order valence-electron chi connectivity index (χ1n) is 5.66. The van der Waals surface area contributed by atoms with Gasteiger partial charge in [0, 0.05) is 10.6 Å². The molecule has 0 aliphatic carbocycles. The second kappa shape index (κ2) is 5.48. The van der Waals surface area contributed by atoms with Crippen molar-refractivity contribution in [1.29, 1.82) is 0 Å². The molecular formula is C14H13F2NOS. The zero-order valence-corrected chi connectivity index (χ0v) is 11.1. The summed E-state index contributed by atoms with van der Waals surface area (Å²) in [5, 5.41) is 0. The Labute approximate surface area is 112 Å². The van der Waals surface area contributed by atoms with Crippen LogP contribution in [0.5, 0.6) is 0 Å². The van der Waals surface area contributed by atoms with Crippen LogP contribution in [-0.2, 0) is 16.6 Å². The van der Waals surface area contributed by atoms with Crippen LogP contribution in [0.25, 0.3) is 0 Å². The number of hydrogen-bond acceptors (Lipinski definition) is 2. The maximum atomic E-state index is 13.1. The van der Waals surface area contributed by atoms with E-state index in [1.54, 1.807) is 25.1 Å². The predicted octanol–water partition coefficient (Wildman–Crippen LogP) is 3.16. The Bertz CT molecular complexity index is 643. The molecule has 19 heavy (non-hydrogen) atoms. The standard InChI is InChI=1S/C14H13F2NOS/c1-9-13(17)3-2-4-14(9)19(18)8-10-5-6-11(15)12(16)7-10/h2-7H,8,17H2,1H3. The van der Waals surface area contributed by atoms with Crippen molar-refractivity contribution >= 4 is 16.5 Å². The number of nitrogens with two attached hydrogens (primary N) is 1. The van der Waals surface area contributed by atoms with Crippen LogP contribution < -0.4 is 5.73 Å². The zero-order valence-electron chi connectivity index (χ0n) is 10.3. The van der Waals surface area contributed by atoms with E-state index >= 15 is 0 Å². The van der Waals surface area contributed by atoms with Crippen LogP contribution in [0.4, 0.5) is 14.5 Å². The Morgan fingerprint density at radius 3 is 2.58 bits per heavy atom. The molecule has 0 radical (unpaired) electrons. The van der Waals surface area contributed by atoms with Gasteiger partial charge in [-0.2, -0.15) is 0 Å². The lowest BCUT2D eigenvalue weighted by Crippen LogP contribution is -2.02. The second-order valence-electron chi connectivity index (χ2n) is 4.21. The van der Waals surface area contributed by atoms with Crippen molar-refractivity contribution in [2.75, 3.05) is 5.73 Å². The Hall–Kier alpha value is -1.75. The van der Waals surface area contributed by atoms with Crippen molar-refractivity contribution in [3.8, 4) is 0 Å². The molecule has 1 atom stereocenters. The van der Waals surface area contributed by atoms with Crippen molar-refractivity contribution in [2.24, 2.45) is 0 Å². The third-order valence-corrected chi connectivity index (χ3v) is 4.38. The SMILES string of the molecule is Cc1c(N)cccc1S(=O)Cc1ccc(F)c(F)c1. The third kappa shape index (κ3) is 2.98. The van der Waals surface area contributed by atoms with Crippen LogP contribution in [0.2, 0.25) is 0 Å². The molecule has 2 N–H and O–H groups in total. The van der Waals surface area contributed by atoms with Gasteiger partial charge in [0.2, 0.25) is 0 Å². The number of benzene rings is 2. The summed E-state index contributed by atoms with van der Waals surface area (Å²) in [5.41, 5.74) is 7.56. The summed E-state index contributed by atoms with van der Waals surface area (Å²) in [6.45, 7) is 1.79. The molecule has 0 saturated heterocycles. The first-order chi connectivity index (χ1) is 8.99. The highest BCUT2D eigenvalue weighted by atomic mass is 32.2. The van der Waals surface area contributed by atoms with Crippen LogP contribution in [0.15, 0.2) is 41.3 Å². The molecule has 0 saturated carbocycles. The molecule has 0 fully saturated rings. The molecule has 100 valence electrons. The van der Waals surface area contributed by atoms with Gasteiger partial charge in [-0.15, -0.1) is 0 Å². The van der Waals surface area contributed by atoms with Gasteiger partial charge in [0.1, 0.15) is 0 Å². The molecule has 2 nitrogen and oxygen atoms in total. The van der Waals surface area contributed by atoms with Crippen LogP contribution in [-0.4, -0.2) is 4.21 Å². The molecule has 0 heterocycles. The fourth-order valence-electron chi connectivity index (χ4n) is 1.74. The van der Waals surface area contributed by atoms with E-state index in [-0.39, 0.29) is 5.75 Å². The summed E-state index contributed by atoms with van der Waals surface area (Å²) in [4.78, 5) is 0.615. The van der Waals surface area contributed by atoms with E-state index in [0.29, 0.717) is 16.1 Å². The molecule has 0 amide bonds. The van der Waals surface area contributed by atoms with Crippen LogP contribution in [0.1, 0.15) is 11.1 Å². The zero-order chi connectivity index (χ0) is 14.0. The van der Waals surface area contributed by atoms with Crippen molar-refractivity contribution < 1.29 is 13.0 Å². The normalized spacial score (nSPS) is 12.4. The maximum Gasteiger partial charge on any atom is 0.159 e. The van der Waals surface area contributed by atoms with E-state index in [1.165, 1.54) is 6.07 Å². The average molecular weight is 281 g/mol. The summed E-state index contributed by atoms with van der Waals surface area (Å²) < 4.78 is 38.1. The van der Waals surface area contributed by atoms with Gasteiger partial charge < -0.3 is 5.73 Å². The highest BCUT2D eigenvalue weighted by Crippen LogP contribution is 2.21. The van der Waals surface area contributed by atoms with Gasteiger partial charge in [-0.05, 0) is 42.3 Å². The summed E-state index contributed by atoms with van der Waals surface area (Å²) in [6.07, 6.45) is 0. The van der Waals surface area contributed by atoms with E-state index in [9.17, 15) is 13.0 Å². The van der Waals surface area contributed by atoms with Crippen molar-refractivity contribution in [1.82, 2.24) is 0 Å². The number of nitrogen functional groups attached to an aromatic ring is 1. The summed E-state index contributed by atoms with van der Waals surface area (Å²) in [5.74, 6) is -1.71. The fourth-order valence-corrected chi connectivity index (χ4v) is 3.06. The van der Waals surface area contributed by atoms with Crippen molar-refractivity contribution in [3.05, 3.63) is 59.2 Å². The second-order valence-corrected chi connectivity index (χ2v) is 5.63. The van der Waals surface area contributed by atoms with E-state index < -0.39 is 22.4 Å². The topological polar surface area (TPSA) is 43.1 Å². The third-order valence-electron chi connectivity index (χ3n) is 2.85. The van der Waals surface area contributed by atoms with Crippen LogP contribution >= 0.6 is 0 Å². The van der Waals surface area contributed by atoms with Gasteiger partial charge in [-0.1, -0.05) is 12.1 Å². The van der Waals surface area contributed by atoms with Gasteiger partial charge in [0.05, 0.1) is 16.6 Å². The fraction of sp³-hybridized carbons (Fsp3) is 0.143. The van der Waals surface area contributed by atoms with Gasteiger partial charge in [0.25, 0.3) is 0 Å². The van der Waals surface area contributed by atoms with Gasteiger partial charge in [-0.3, -0.25) is 4.21 Å². The summed E-state index contributed by atoms with van der Waals surface area (Å²) in [7, 11) is -1.34. The monoisotopic (exact) mass is 281 g/mol. The molecule has 0 spiro atoms. The minimum absolute atomic E-state index is 0.126. The first kappa shape index (κ1) is 13.7. The Balaban J connectivity index is 2.26. The van der Waals surface area contributed by atoms with E-state index in [2.05, 4.69) is 0 Å². The number of rotatable bonds is 3. The lowest BCUT2D eigenvalue weighted by atomic mass is 10.2. The Morgan fingerprint density at radius 1 is 1.16 bits per heavy atom. The molecule has 0 aliphatic rings. The molecule has 2 rings (SSSR count). The summed E-state index contributed by atoms with van der Waals surface area (Å²) >= 11 is 0. The molecule has 0 aliphatic heterocycles. The molecule has 2 aromatic carbocycles. The quantitative estimate of drug-likeness (QED) is 0.878. The molecular weight excluding hydrogens is 268 g/mol. The Morgan fingerprint density at radius 2 is 1.89 bits per heavy atom. The largest absolute Gasteiger partial charge is 0.398 e. The lowest BCUT2D eigenvalue weighted by Gasteiger charge is -2.08. The Kier molecular flexibility index (Phi) is 3.95. The number of hydrogen-bond donors (Lipinski definition) is 1. The van der Waals surface area contributed by atoms with Crippen LogP contribution in [0.3, 0.4) is 0 Å². The molecule has 1 unspecified atom stereocenters. The first-order valence-corrected chi connectivity index (χ1v) is 6.98. The van der Waals surface area contributed by atoms with Gasteiger partial charge in [0.15, 0.2) is 11.6 Å². The highest BCUT2D eigenvalue weighted by Gasteiger charge is 2.11. The minimum atomic E-state index is -1.34. The number of anilines is 1. The minimum Gasteiger partial charge on any atom is -0.398 e. The summed E-state index contributed by atoms with van der Waals surface area (Å²) in [6, 6.07) is 8.71. The maximum absolute atomic E-state index is 13.1. The smallest absolute Gasteiger partial charge is 0.159 e. The van der Waals surface area contributed by atoms with E-state index in [0.717, 1.165) is 17.7 Å². The predicted molar refractivity (Wildman–Crippen MR) is 72.1 cm³/mol. The molecule has 0 bridgehead atoms. The average Bonchev–Trinajstić information content (AvgIpc) is 2.37. The van der Waals surface area contributed by atoms with E-state index in [4.69, 9.17) is 5.73 Å². The van der Waals surface area contributed by atoms with Gasteiger partial charge in [-0.25, -0.2) is 8.78 Å². The number of halogens is 2.